The van der Waals surface area contributed by atoms with E-state index in [2.05, 4.69) is 9.72 Å². The van der Waals surface area contributed by atoms with E-state index in [-0.39, 0.29) is 12.2 Å². The summed E-state index contributed by atoms with van der Waals surface area (Å²) in [6.07, 6.45) is 1.22. The molecule has 0 radical (unpaired) electrons. The first-order valence-corrected chi connectivity index (χ1v) is 6.42. The van der Waals surface area contributed by atoms with Gasteiger partial charge in [0, 0.05) is 11.9 Å². The summed E-state index contributed by atoms with van der Waals surface area (Å²) in [5.41, 5.74) is 0.902. The quantitative estimate of drug-likeness (QED) is 0.476. The normalized spacial score (nSPS) is 10.4. The number of ether oxygens (including phenoxy) is 1. The van der Waals surface area contributed by atoms with Gasteiger partial charge in [-0.3, -0.25) is 14.9 Å². The average molecular weight is 289 g/mol. The fourth-order valence-electron chi connectivity index (χ4n) is 2.15. The number of esters is 1. The zero-order valence-electron chi connectivity index (χ0n) is 11.8. The van der Waals surface area contributed by atoms with Crippen molar-refractivity contribution in [2.24, 2.45) is 0 Å². The van der Waals surface area contributed by atoms with Gasteiger partial charge in [0.15, 0.2) is 0 Å². The Kier molecular flexibility index (Phi) is 4.32. The molecule has 2 aromatic rings. The second kappa shape index (κ2) is 6.17. The number of pyridine rings is 1. The molecule has 0 fully saturated rings. The first-order valence-electron chi connectivity index (χ1n) is 6.42. The van der Waals surface area contributed by atoms with Gasteiger partial charge in [0.25, 0.3) is 0 Å². The van der Waals surface area contributed by atoms with Gasteiger partial charge in [-0.05, 0) is 13.0 Å². The van der Waals surface area contributed by atoms with Crippen LogP contribution in [0.1, 0.15) is 6.92 Å². The molecule has 0 unspecified atom stereocenters. The lowest BCUT2D eigenvalue weighted by atomic mass is 10.1. The molecule has 0 aliphatic heterocycles. The molecular weight excluding hydrogens is 274 g/mol. The third-order valence-corrected chi connectivity index (χ3v) is 3.17. The minimum Gasteiger partial charge on any atom is -0.468 e. The maximum atomic E-state index is 11.5. The van der Waals surface area contributed by atoms with Crippen LogP contribution < -0.4 is 4.90 Å². The number of benzene rings is 1. The van der Waals surface area contributed by atoms with Crippen molar-refractivity contribution >= 4 is 28.2 Å². The second-order valence-corrected chi connectivity index (χ2v) is 4.36. The highest BCUT2D eigenvalue weighted by Gasteiger charge is 2.24. The van der Waals surface area contributed by atoms with Crippen molar-refractivity contribution < 1.29 is 14.5 Å². The van der Waals surface area contributed by atoms with Gasteiger partial charge in [-0.25, -0.2) is 4.98 Å². The average Bonchev–Trinajstić information content (AvgIpc) is 2.51. The SMILES string of the molecule is CCN(CC(=O)OC)c1c([N+](=O)[O-])cnc2ccccc12. The van der Waals surface area contributed by atoms with Crippen LogP contribution in [0.2, 0.25) is 0 Å². The monoisotopic (exact) mass is 289 g/mol. The zero-order chi connectivity index (χ0) is 15.4. The number of rotatable bonds is 5. The summed E-state index contributed by atoms with van der Waals surface area (Å²) in [4.78, 5) is 28.0. The minimum atomic E-state index is -0.491. The summed E-state index contributed by atoms with van der Waals surface area (Å²) < 4.78 is 4.65. The van der Waals surface area contributed by atoms with Crippen molar-refractivity contribution in [3.63, 3.8) is 0 Å². The predicted molar refractivity (Wildman–Crippen MR) is 78.3 cm³/mol. The van der Waals surface area contributed by atoms with E-state index in [1.165, 1.54) is 13.3 Å². The number of carbonyl (C=O) groups is 1. The van der Waals surface area contributed by atoms with E-state index in [4.69, 9.17) is 0 Å². The van der Waals surface area contributed by atoms with Crippen LogP contribution in [0.3, 0.4) is 0 Å². The highest BCUT2D eigenvalue weighted by atomic mass is 16.6. The van der Waals surface area contributed by atoms with Crippen LogP contribution in [0.15, 0.2) is 30.5 Å². The molecule has 2 rings (SSSR count). The van der Waals surface area contributed by atoms with Crippen molar-refractivity contribution in [2.45, 2.75) is 6.92 Å². The molecule has 1 aromatic heterocycles. The summed E-state index contributed by atoms with van der Waals surface area (Å²) in [7, 11) is 1.29. The third-order valence-electron chi connectivity index (χ3n) is 3.17. The molecule has 0 bridgehead atoms. The molecule has 0 spiro atoms. The standard InChI is InChI=1S/C14H15N3O4/c1-3-16(9-13(18)21-2)14-10-6-4-5-7-11(10)15-8-12(14)17(19)20/h4-8H,3,9H2,1-2H3. The number of carbonyl (C=O) groups excluding carboxylic acids is 1. The summed E-state index contributed by atoms with van der Waals surface area (Å²) in [6, 6.07) is 7.11. The second-order valence-electron chi connectivity index (χ2n) is 4.36. The largest absolute Gasteiger partial charge is 0.468 e. The van der Waals surface area contributed by atoms with Gasteiger partial charge in [0.05, 0.1) is 17.5 Å². The number of hydrogen-bond acceptors (Lipinski definition) is 6. The van der Waals surface area contributed by atoms with Crippen molar-refractivity contribution in [1.29, 1.82) is 0 Å². The number of nitrogens with zero attached hydrogens (tertiary/aromatic N) is 3. The van der Waals surface area contributed by atoms with Gasteiger partial charge in [-0.1, -0.05) is 18.2 Å². The first-order chi connectivity index (χ1) is 10.1. The highest BCUT2D eigenvalue weighted by Crippen LogP contribution is 2.34. The number of anilines is 1. The van der Waals surface area contributed by atoms with E-state index in [1.807, 2.05) is 13.0 Å². The van der Waals surface area contributed by atoms with Crippen LogP contribution >= 0.6 is 0 Å². The number of methoxy groups -OCH3 is 1. The summed E-state index contributed by atoms with van der Waals surface area (Å²) in [6.45, 7) is 2.20. The lowest BCUT2D eigenvalue weighted by Crippen LogP contribution is -2.31. The lowest BCUT2D eigenvalue weighted by Gasteiger charge is -2.22. The number of likely N-dealkylation sites (N-methyl/N-ethyl adjacent to an activating group) is 1. The van der Waals surface area contributed by atoms with Crippen LogP contribution in [-0.2, 0) is 9.53 Å². The Hall–Kier alpha value is -2.70. The topological polar surface area (TPSA) is 85.6 Å². The molecule has 7 heteroatoms. The summed E-state index contributed by atoms with van der Waals surface area (Å²) in [5, 5.41) is 11.9. The van der Waals surface area contributed by atoms with E-state index in [1.54, 1.807) is 23.1 Å². The molecule has 7 nitrogen and oxygen atoms in total. The van der Waals surface area contributed by atoms with E-state index < -0.39 is 10.9 Å². The third kappa shape index (κ3) is 2.91. The Labute approximate surface area is 121 Å². The first kappa shape index (κ1) is 14.7. The number of aromatic nitrogens is 1. The maximum Gasteiger partial charge on any atom is 0.325 e. The van der Waals surface area contributed by atoms with Gasteiger partial charge in [-0.15, -0.1) is 0 Å². The van der Waals surface area contributed by atoms with E-state index in [0.29, 0.717) is 23.1 Å². The summed E-state index contributed by atoms with van der Waals surface area (Å²) in [5.74, 6) is -0.452. The predicted octanol–water partition coefficient (Wildman–Crippen LogP) is 2.14. The fourth-order valence-corrected chi connectivity index (χ4v) is 2.15. The molecule has 1 aromatic carbocycles. The molecule has 0 aliphatic carbocycles. The molecule has 0 atom stereocenters. The molecule has 21 heavy (non-hydrogen) atoms. The Bertz CT molecular complexity index is 687. The van der Waals surface area contributed by atoms with Gasteiger partial charge >= 0.3 is 11.7 Å². The zero-order valence-corrected chi connectivity index (χ0v) is 11.8. The molecule has 0 N–H and O–H groups in total. The van der Waals surface area contributed by atoms with Gasteiger partial charge in [-0.2, -0.15) is 0 Å². The smallest absolute Gasteiger partial charge is 0.325 e. The minimum absolute atomic E-state index is 0.0537. The van der Waals surface area contributed by atoms with Crippen molar-refractivity contribution in [2.75, 3.05) is 25.1 Å². The molecule has 0 saturated heterocycles. The molecule has 0 amide bonds. The Morgan fingerprint density at radius 3 is 2.76 bits per heavy atom. The Balaban J connectivity index is 2.64. The van der Waals surface area contributed by atoms with Crippen molar-refractivity contribution in [3.05, 3.63) is 40.6 Å². The summed E-state index contributed by atoms with van der Waals surface area (Å²) >= 11 is 0. The van der Waals surface area contributed by atoms with Gasteiger partial charge in [0.1, 0.15) is 18.4 Å². The van der Waals surface area contributed by atoms with Crippen LogP contribution in [0, 0.1) is 10.1 Å². The van der Waals surface area contributed by atoms with Crippen LogP contribution in [0.25, 0.3) is 10.9 Å². The van der Waals surface area contributed by atoms with E-state index in [9.17, 15) is 14.9 Å². The van der Waals surface area contributed by atoms with E-state index >= 15 is 0 Å². The number of nitro groups is 1. The Morgan fingerprint density at radius 1 is 1.43 bits per heavy atom. The molecular formula is C14H15N3O4. The fraction of sp³-hybridized carbons (Fsp3) is 0.286. The highest BCUT2D eigenvalue weighted by molar-refractivity contribution is 5.97. The number of para-hydroxylation sites is 1. The Morgan fingerprint density at radius 2 is 2.14 bits per heavy atom. The van der Waals surface area contributed by atoms with Crippen LogP contribution in [-0.4, -0.2) is 36.1 Å². The van der Waals surface area contributed by atoms with Crippen LogP contribution in [0.5, 0.6) is 0 Å². The van der Waals surface area contributed by atoms with Crippen LogP contribution in [0.4, 0.5) is 11.4 Å². The van der Waals surface area contributed by atoms with Crippen molar-refractivity contribution in [3.8, 4) is 0 Å². The van der Waals surface area contributed by atoms with E-state index in [0.717, 1.165) is 0 Å². The molecule has 0 aliphatic rings. The van der Waals surface area contributed by atoms with Gasteiger partial charge in [0.2, 0.25) is 0 Å². The molecule has 1 heterocycles. The lowest BCUT2D eigenvalue weighted by molar-refractivity contribution is -0.384. The maximum absolute atomic E-state index is 11.5. The van der Waals surface area contributed by atoms with Gasteiger partial charge < -0.3 is 9.64 Å². The number of fused-ring (bicyclic) bond motifs is 1. The molecule has 0 saturated carbocycles. The number of hydrogen-bond donors (Lipinski definition) is 0. The molecule has 110 valence electrons. The van der Waals surface area contributed by atoms with Crippen molar-refractivity contribution in [1.82, 2.24) is 4.98 Å².